The number of fused-ring (bicyclic) bond motifs is 1. The summed E-state index contributed by atoms with van der Waals surface area (Å²) in [4.78, 5) is 18.8. The molecular weight excluding hydrogens is 362 g/mol. The quantitative estimate of drug-likeness (QED) is 0.804. The molecule has 1 atom stereocenters. The monoisotopic (exact) mass is 389 g/mol. The molecule has 0 unspecified atom stereocenters. The summed E-state index contributed by atoms with van der Waals surface area (Å²) >= 11 is 1.72. The Morgan fingerprint density at radius 3 is 3.00 bits per heavy atom. The fourth-order valence-electron chi connectivity index (χ4n) is 4.13. The number of hydrogen-bond acceptors (Lipinski definition) is 6. The van der Waals surface area contributed by atoms with Gasteiger partial charge in [-0.3, -0.25) is 9.69 Å². The Morgan fingerprint density at radius 1 is 1.41 bits per heavy atom. The van der Waals surface area contributed by atoms with Crippen molar-refractivity contribution in [3.63, 3.8) is 0 Å². The summed E-state index contributed by atoms with van der Waals surface area (Å²) in [5.74, 6) is 1.08. The van der Waals surface area contributed by atoms with Gasteiger partial charge in [-0.15, -0.1) is 11.3 Å². The molecule has 4 rings (SSSR count). The molecule has 2 aromatic rings. The van der Waals surface area contributed by atoms with Gasteiger partial charge >= 0.3 is 0 Å². The number of aryl methyl sites for hydroxylation is 2. The van der Waals surface area contributed by atoms with E-state index in [4.69, 9.17) is 9.26 Å². The van der Waals surface area contributed by atoms with Crippen LogP contribution in [0.5, 0.6) is 0 Å². The van der Waals surface area contributed by atoms with Gasteiger partial charge in [0.2, 0.25) is 0 Å². The van der Waals surface area contributed by atoms with Gasteiger partial charge in [0, 0.05) is 55.7 Å². The Hall–Kier alpha value is -1.70. The molecule has 0 aliphatic carbocycles. The summed E-state index contributed by atoms with van der Waals surface area (Å²) in [6.45, 7) is 8.20. The lowest BCUT2D eigenvalue weighted by molar-refractivity contribution is 0.0268. The number of nitrogens with zero attached hydrogens (tertiary/aromatic N) is 3. The van der Waals surface area contributed by atoms with Crippen molar-refractivity contribution in [1.29, 1.82) is 0 Å². The molecule has 2 aliphatic rings. The van der Waals surface area contributed by atoms with Crippen LogP contribution in [-0.2, 0) is 24.2 Å². The molecule has 4 heterocycles. The Labute approximate surface area is 164 Å². The number of thiophene rings is 1. The van der Waals surface area contributed by atoms with E-state index in [9.17, 15) is 4.79 Å². The van der Waals surface area contributed by atoms with E-state index in [1.807, 2.05) is 18.7 Å². The van der Waals surface area contributed by atoms with Crippen LogP contribution in [0.4, 0.5) is 0 Å². The highest BCUT2D eigenvalue weighted by Crippen LogP contribution is 2.31. The fourth-order valence-corrected chi connectivity index (χ4v) is 5.25. The van der Waals surface area contributed by atoms with Gasteiger partial charge in [-0.1, -0.05) is 5.16 Å². The molecule has 1 fully saturated rings. The zero-order chi connectivity index (χ0) is 19.0. The van der Waals surface area contributed by atoms with Crippen molar-refractivity contribution in [3.8, 4) is 0 Å². The number of ether oxygens (including phenoxy) is 1. The Balaban J connectivity index is 1.46. The second-order valence-electron chi connectivity index (χ2n) is 7.57. The maximum atomic E-state index is 13.1. The minimum Gasteiger partial charge on any atom is -0.380 e. The second kappa shape index (κ2) is 7.73. The number of rotatable bonds is 4. The first-order valence-corrected chi connectivity index (χ1v) is 10.5. The van der Waals surface area contributed by atoms with Crippen molar-refractivity contribution in [2.45, 2.75) is 52.3 Å². The minimum atomic E-state index is 0.169. The predicted molar refractivity (Wildman–Crippen MR) is 104 cm³/mol. The predicted octanol–water partition coefficient (Wildman–Crippen LogP) is 3.16. The molecule has 1 amide bonds. The van der Waals surface area contributed by atoms with E-state index in [-0.39, 0.29) is 12.0 Å². The summed E-state index contributed by atoms with van der Waals surface area (Å²) in [5, 5.41) is 6.12. The van der Waals surface area contributed by atoms with Crippen LogP contribution >= 0.6 is 11.3 Å². The molecule has 146 valence electrons. The number of amides is 1. The van der Waals surface area contributed by atoms with E-state index in [0.29, 0.717) is 6.54 Å². The Kier molecular flexibility index (Phi) is 5.34. The third-order valence-electron chi connectivity index (χ3n) is 5.82. The number of aromatic nitrogens is 1. The van der Waals surface area contributed by atoms with Crippen molar-refractivity contribution < 1.29 is 14.1 Å². The fraction of sp³-hybridized carbons (Fsp3) is 0.600. The highest BCUT2D eigenvalue weighted by molar-refractivity contribution is 7.10. The first-order valence-electron chi connectivity index (χ1n) is 9.62. The third kappa shape index (κ3) is 3.68. The molecule has 0 aromatic carbocycles. The van der Waals surface area contributed by atoms with E-state index < -0.39 is 0 Å². The van der Waals surface area contributed by atoms with E-state index in [1.54, 1.807) is 18.4 Å². The summed E-state index contributed by atoms with van der Waals surface area (Å²) < 4.78 is 10.8. The summed E-state index contributed by atoms with van der Waals surface area (Å²) in [5.41, 5.74) is 4.31. The first-order chi connectivity index (χ1) is 13.1. The first kappa shape index (κ1) is 18.7. The zero-order valence-electron chi connectivity index (χ0n) is 16.3. The van der Waals surface area contributed by atoms with E-state index in [1.165, 1.54) is 16.0 Å². The summed E-state index contributed by atoms with van der Waals surface area (Å²) in [6.07, 6.45) is 3.15. The molecule has 6 nitrogen and oxygen atoms in total. The van der Waals surface area contributed by atoms with Crippen LogP contribution in [0, 0.1) is 13.8 Å². The average Bonchev–Trinajstić information content (AvgIpc) is 3.25. The smallest absolute Gasteiger partial charge is 0.255 e. The lowest BCUT2D eigenvalue weighted by atomic mass is 10.0. The van der Waals surface area contributed by atoms with E-state index >= 15 is 0 Å². The number of piperidine rings is 1. The average molecular weight is 390 g/mol. The van der Waals surface area contributed by atoms with Crippen molar-refractivity contribution >= 4 is 17.2 Å². The van der Waals surface area contributed by atoms with Gasteiger partial charge in [-0.2, -0.15) is 0 Å². The van der Waals surface area contributed by atoms with Gasteiger partial charge in [0.1, 0.15) is 5.76 Å². The molecule has 0 bridgehead atoms. The summed E-state index contributed by atoms with van der Waals surface area (Å²) in [6, 6.07) is 0. The lowest BCUT2D eigenvalue weighted by Crippen LogP contribution is -2.43. The van der Waals surface area contributed by atoms with Gasteiger partial charge in [-0.05, 0) is 38.7 Å². The molecule has 1 saturated heterocycles. The maximum Gasteiger partial charge on any atom is 0.255 e. The number of methoxy groups -OCH3 is 1. The lowest BCUT2D eigenvalue weighted by Gasteiger charge is -2.32. The van der Waals surface area contributed by atoms with E-state index in [0.717, 1.165) is 62.5 Å². The maximum absolute atomic E-state index is 13.1. The third-order valence-corrected chi connectivity index (χ3v) is 6.83. The summed E-state index contributed by atoms with van der Waals surface area (Å²) in [7, 11) is 1.73. The van der Waals surface area contributed by atoms with Crippen LogP contribution in [0.3, 0.4) is 0 Å². The highest BCUT2D eigenvalue weighted by atomic mass is 32.1. The van der Waals surface area contributed by atoms with Crippen LogP contribution < -0.4 is 0 Å². The normalized spacial score (nSPS) is 20.7. The number of carbonyl (C=O) groups excluding carboxylic acids is 1. The van der Waals surface area contributed by atoms with Crippen molar-refractivity contribution in [3.05, 3.63) is 38.4 Å². The van der Waals surface area contributed by atoms with Crippen LogP contribution in [0.15, 0.2) is 9.90 Å². The van der Waals surface area contributed by atoms with Crippen molar-refractivity contribution in [2.24, 2.45) is 0 Å². The standard InChI is InChI=1S/C20H27N3O3S/c1-13-17(14(2)26-21-13)10-22-8-6-16-18(12-27-19(16)11-22)20(24)23-7-4-5-15(9-23)25-3/h12,15H,4-11H2,1-3H3/t15-/m1/s1. The van der Waals surface area contributed by atoms with Gasteiger partial charge < -0.3 is 14.2 Å². The molecule has 0 spiro atoms. The molecule has 27 heavy (non-hydrogen) atoms. The zero-order valence-corrected chi connectivity index (χ0v) is 17.1. The van der Waals surface area contributed by atoms with Gasteiger partial charge in [0.25, 0.3) is 5.91 Å². The van der Waals surface area contributed by atoms with Crippen LogP contribution in [0.1, 0.15) is 50.7 Å². The van der Waals surface area contributed by atoms with Gasteiger partial charge in [-0.25, -0.2) is 0 Å². The molecule has 0 saturated carbocycles. The number of hydrogen-bond donors (Lipinski definition) is 0. The molecule has 0 radical (unpaired) electrons. The second-order valence-corrected chi connectivity index (χ2v) is 8.53. The molecule has 2 aliphatic heterocycles. The Bertz CT molecular complexity index is 809. The van der Waals surface area contributed by atoms with Crippen LogP contribution in [0.25, 0.3) is 0 Å². The molecule has 2 aromatic heterocycles. The van der Waals surface area contributed by atoms with Crippen LogP contribution in [0.2, 0.25) is 0 Å². The van der Waals surface area contributed by atoms with Crippen LogP contribution in [-0.4, -0.2) is 53.7 Å². The largest absolute Gasteiger partial charge is 0.380 e. The SMILES string of the molecule is CO[C@@H]1CCCN(C(=O)c2csc3c2CCN(Cc2c(C)noc2C)C3)C1. The van der Waals surface area contributed by atoms with Crippen molar-refractivity contribution in [2.75, 3.05) is 26.7 Å². The van der Waals surface area contributed by atoms with Gasteiger partial charge in [0.05, 0.1) is 17.4 Å². The molecule has 7 heteroatoms. The molecule has 0 N–H and O–H groups in total. The number of likely N-dealkylation sites (tertiary alicyclic amines) is 1. The number of carbonyl (C=O) groups is 1. The van der Waals surface area contributed by atoms with E-state index in [2.05, 4.69) is 15.4 Å². The topological polar surface area (TPSA) is 58.8 Å². The molecular formula is C20H27N3O3S. The Morgan fingerprint density at radius 2 is 2.26 bits per heavy atom. The van der Waals surface area contributed by atoms with Crippen molar-refractivity contribution in [1.82, 2.24) is 15.0 Å². The highest BCUT2D eigenvalue weighted by Gasteiger charge is 2.29. The minimum absolute atomic E-state index is 0.169. The van der Waals surface area contributed by atoms with Gasteiger partial charge in [0.15, 0.2) is 0 Å².